The van der Waals surface area contributed by atoms with E-state index in [9.17, 15) is 18.0 Å². The molecule has 0 saturated carbocycles. The van der Waals surface area contributed by atoms with Crippen molar-refractivity contribution in [2.24, 2.45) is 0 Å². The van der Waals surface area contributed by atoms with Gasteiger partial charge in [0.25, 0.3) is 5.91 Å². The summed E-state index contributed by atoms with van der Waals surface area (Å²) in [6.07, 6.45) is 1.58. The molecular formula is C17H17BrClN3O5S. The van der Waals surface area contributed by atoms with E-state index in [1.165, 1.54) is 33.5 Å². The second kappa shape index (κ2) is 8.64. The molecule has 8 nitrogen and oxygen atoms in total. The zero-order valence-corrected chi connectivity index (χ0v) is 17.8. The molecule has 1 aromatic heterocycles. The number of hydrogen-bond donors (Lipinski definition) is 1. The minimum Gasteiger partial charge on any atom is -0.451 e. The number of carbonyl (C=O) groups excluding carboxylic acids is 2. The Morgan fingerprint density at radius 3 is 2.36 bits per heavy atom. The molecule has 1 N–H and O–H groups in total. The second-order valence-corrected chi connectivity index (χ2v) is 9.34. The number of carbonyl (C=O) groups is 2. The lowest BCUT2D eigenvalue weighted by atomic mass is 10.3. The summed E-state index contributed by atoms with van der Waals surface area (Å²) in [5, 5.41) is 0.454. The van der Waals surface area contributed by atoms with E-state index >= 15 is 0 Å². The van der Waals surface area contributed by atoms with Gasteiger partial charge in [0.2, 0.25) is 10.0 Å². The van der Waals surface area contributed by atoms with Gasteiger partial charge in [-0.25, -0.2) is 13.2 Å². The maximum atomic E-state index is 12.7. The van der Waals surface area contributed by atoms with E-state index in [0.717, 1.165) is 0 Å². The number of nitrogens with zero attached hydrogens (tertiary/aromatic N) is 2. The monoisotopic (exact) mass is 489 g/mol. The van der Waals surface area contributed by atoms with E-state index in [1.807, 2.05) is 0 Å². The Balaban J connectivity index is 1.52. The number of aromatic nitrogens is 1. The molecule has 0 bridgehead atoms. The van der Waals surface area contributed by atoms with Crippen LogP contribution in [0.4, 0.5) is 0 Å². The molecule has 0 aliphatic carbocycles. The number of amides is 1. The van der Waals surface area contributed by atoms with Gasteiger partial charge in [-0.15, -0.1) is 0 Å². The average molecular weight is 491 g/mol. The van der Waals surface area contributed by atoms with Crippen molar-refractivity contribution < 1.29 is 22.7 Å². The standard InChI is InChI=1S/C17H17BrClN3O5S/c18-12-9-15(20-10-12)17(24)27-11-16(23)21-5-7-22(8-6-21)28(25,26)14-3-1-13(19)2-4-14/h1-4,9-10,20H,5-8,11H2. The normalized spacial score (nSPS) is 15.4. The zero-order chi connectivity index (χ0) is 20.3. The summed E-state index contributed by atoms with van der Waals surface area (Å²) >= 11 is 9.01. The number of esters is 1. The fourth-order valence-corrected chi connectivity index (χ4v) is 4.61. The first-order valence-electron chi connectivity index (χ1n) is 8.32. The second-order valence-electron chi connectivity index (χ2n) is 6.05. The molecule has 1 aromatic carbocycles. The molecule has 0 atom stereocenters. The molecule has 0 spiro atoms. The summed E-state index contributed by atoms with van der Waals surface area (Å²) in [6.45, 7) is 0.357. The Hall–Kier alpha value is -1.88. The molecule has 150 valence electrons. The highest BCUT2D eigenvalue weighted by Crippen LogP contribution is 2.20. The Morgan fingerprint density at radius 2 is 1.79 bits per heavy atom. The van der Waals surface area contributed by atoms with Crippen LogP contribution < -0.4 is 0 Å². The molecule has 0 unspecified atom stereocenters. The van der Waals surface area contributed by atoms with Crippen molar-refractivity contribution in [1.82, 2.24) is 14.2 Å². The highest BCUT2D eigenvalue weighted by Gasteiger charge is 2.30. The quantitative estimate of drug-likeness (QED) is 0.647. The van der Waals surface area contributed by atoms with Crippen LogP contribution in [0, 0.1) is 0 Å². The number of H-pyrrole nitrogens is 1. The third-order valence-corrected chi connectivity index (χ3v) is 6.86. The lowest BCUT2D eigenvalue weighted by Crippen LogP contribution is -2.51. The Bertz CT molecular complexity index is 969. The van der Waals surface area contributed by atoms with Gasteiger partial charge >= 0.3 is 5.97 Å². The van der Waals surface area contributed by atoms with E-state index in [4.69, 9.17) is 16.3 Å². The molecule has 1 amide bonds. The molecule has 1 aliphatic rings. The van der Waals surface area contributed by atoms with Gasteiger partial charge < -0.3 is 14.6 Å². The van der Waals surface area contributed by atoms with Crippen molar-refractivity contribution >= 4 is 49.4 Å². The Kier molecular flexibility index (Phi) is 6.43. The summed E-state index contributed by atoms with van der Waals surface area (Å²) in [4.78, 5) is 28.5. The average Bonchev–Trinajstić information content (AvgIpc) is 3.13. The van der Waals surface area contributed by atoms with Crippen molar-refractivity contribution in [2.75, 3.05) is 32.8 Å². The third kappa shape index (κ3) is 4.75. The fourth-order valence-electron chi connectivity index (χ4n) is 2.72. The summed E-state index contributed by atoms with van der Waals surface area (Å²) in [5.74, 6) is -1.01. The van der Waals surface area contributed by atoms with Gasteiger partial charge in [-0.2, -0.15) is 4.31 Å². The number of rotatable bonds is 5. The van der Waals surface area contributed by atoms with Crippen molar-refractivity contribution in [3.8, 4) is 0 Å². The first-order valence-corrected chi connectivity index (χ1v) is 10.9. The molecule has 28 heavy (non-hydrogen) atoms. The van der Waals surface area contributed by atoms with Gasteiger partial charge in [0, 0.05) is 41.9 Å². The molecular weight excluding hydrogens is 474 g/mol. The topological polar surface area (TPSA) is 99.8 Å². The van der Waals surface area contributed by atoms with Crippen LogP contribution in [0.15, 0.2) is 45.9 Å². The zero-order valence-electron chi connectivity index (χ0n) is 14.6. The highest BCUT2D eigenvalue weighted by molar-refractivity contribution is 9.10. The van der Waals surface area contributed by atoms with Gasteiger partial charge in [-0.05, 0) is 46.3 Å². The van der Waals surface area contributed by atoms with E-state index in [-0.39, 0.29) is 42.7 Å². The van der Waals surface area contributed by atoms with Crippen LogP contribution in [0.2, 0.25) is 5.02 Å². The maximum absolute atomic E-state index is 12.7. The van der Waals surface area contributed by atoms with Crippen LogP contribution >= 0.6 is 27.5 Å². The first-order chi connectivity index (χ1) is 13.3. The summed E-state index contributed by atoms with van der Waals surface area (Å²) < 4.78 is 32.3. The molecule has 0 radical (unpaired) electrons. The third-order valence-electron chi connectivity index (χ3n) is 4.24. The van der Waals surface area contributed by atoms with Crippen molar-refractivity contribution in [3.05, 3.63) is 51.7 Å². The number of halogens is 2. The molecule has 2 heterocycles. The number of piperazine rings is 1. The molecule has 1 fully saturated rings. The van der Waals surface area contributed by atoms with Crippen LogP contribution in [0.1, 0.15) is 10.5 Å². The Morgan fingerprint density at radius 1 is 1.14 bits per heavy atom. The molecule has 1 saturated heterocycles. The summed E-state index contributed by atoms with van der Waals surface area (Å²) in [5.41, 5.74) is 0.235. The van der Waals surface area contributed by atoms with E-state index < -0.39 is 22.6 Å². The van der Waals surface area contributed by atoms with Crippen LogP contribution in [0.3, 0.4) is 0 Å². The SMILES string of the molecule is O=C(OCC(=O)N1CCN(S(=O)(=O)c2ccc(Cl)cc2)CC1)c1cc(Br)c[nH]1. The fraction of sp³-hybridized carbons (Fsp3) is 0.294. The van der Waals surface area contributed by atoms with Crippen LogP contribution in [-0.2, 0) is 19.6 Å². The van der Waals surface area contributed by atoms with Crippen molar-refractivity contribution in [3.63, 3.8) is 0 Å². The smallest absolute Gasteiger partial charge is 0.355 e. The lowest BCUT2D eigenvalue weighted by molar-refractivity contribution is -0.135. The maximum Gasteiger partial charge on any atom is 0.355 e. The van der Waals surface area contributed by atoms with E-state index in [0.29, 0.717) is 9.50 Å². The van der Waals surface area contributed by atoms with Crippen molar-refractivity contribution in [1.29, 1.82) is 0 Å². The van der Waals surface area contributed by atoms with Gasteiger partial charge in [0.05, 0.1) is 4.90 Å². The number of aromatic amines is 1. The molecule has 11 heteroatoms. The Labute approximate surface area is 175 Å². The van der Waals surface area contributed by atoms with Gasteiger partial charge in [-0.1, -0.05) is 11.6 Å². The lowest BCUT2D eigenvalue weighted by Gasteiger charge is -2.33. The first kappa shape index (κ1) is 20.8. The highest BCUT2D eigenvalue weighted by atomic mass is 79.9. The predicted octanol–water partition coefficient (Wildman–Crippen LogP) is 2.12. The van der Waals surface area contributed by atoms with Crippen LogP contribution in [-0.4, -0.2) is 67.3 Å². The van der Waals surface area contributed by atoms with Crippen LogP contribution in [0.5, 0.6) is 0 Å². The van der Waals surface area contributed by atoms with Gasteiger partial charge in [0.1, 0.15) is 5.69 Å². The largest absolute Gasteiger partial charge is 0.451 e. The number of sulfonamides is 1. The van der Waals surface area contributed by atoms with E-state index in [2.05, 4.69) is 20.9 Å². The van der Waals surface area contributed by atoms with Gasteiger partial charge in [0.15, 0.2) is 6.61 Å². The number of hydrogen-bond acceptors (Lipinski definition) is 5. The van der Waals surface area contributed by atoms with Gasteiger partial charge in [-0.3, -0.25) is 4.79 Å². The molecule has 3 rings (SSSR count). The molecule has 1 aliphatic heterocycles. The minimum atomic E-state index is -3.64. The number of ether oxygens (including phenoxy) is 1. The van der Waals surface area contributed by atoms with Crippen molar-refractivity contribution in [2.45, 2.75) is 4.90 Å². The predicted molar refractivity (Wildman–Crippen MR) is 106 cm³/mol. The van der Waals surface area contributed by atoms with E-state index in [1.54, 1.807) is 12.3 Å². The number of nitrogens with one attached hydrogen (secondary N) is 1. The number of benzene rings is 1. The summed E-state index contributed by atoms with van der Waals surface area (Å²) in [7, 11) is -3.64. The van der Waals surface area contributed by atoms with Crippen LogP contribution in [0.25, 0.3) is 0 Å². The summed E-state index contributed by atoms with van der Waals surface area (Å²) in [6, 6.07) is 7.49. The molecule has 2 aromatic rings. The minimum absolute atomic E-state index is 0.155.